The van der Waals surface area contributed by atoms with E-state index in [4.69, 9.17) is 10.8 Å². The van der Waals surface area contributed by atoms with E-state index in [-0.39, 0.29) is 6.42 Å². The molecule has 1 aromatic carbocycles. The van der Waals surface area contributed by atoms with Gasteiger partial charge in [-0.3, -0.25) is 9.59 Å². The minimum absolute atomic E-state index is 0.111. The van der Waals surface area contributed by atoms with Crippen LogP contribution in [0.3, 0.4) is 0 Å². The second-order valence-corrected chi connectivity index (χ2v) is 4.67. The Labute approximate surface area is 100 Å². The van der Waals surface area contributed by atoms with Gasteiger partial charge in [-0.2, -0.15) is 0 Å². The number of benzene rings is 1. The van der Waals surface area contributed by atoms with E-state index in [2.05, 4.69) is 0 Å². The van der Waals surface area contributed by atoms with Crippen LogP contribution >= 0.6 is 0 Å². The summed E-state index contributed by atoms with van der Waals surface area (Å²) in [4.78, 5) is 22.4. The number of aryl methyl sites for hydroxylation is 2. The van der Waals surface area contributed by atoms with Gasteiger partial charge >= 0.3 is 5.97 Å². The van der Waals surface area contributed by atoms with Crippen molar-refractivity contribution in [3.8, 4) is 0 Å². The number of hydrogen-bond acceptors (Lipinski definition) is 2. The molecule has 1 rings (SSSR count). The lowest BCUT2D eigenvalue weighted by atomic mass is 9.82. The largest absolute Gasteiger partial charge is 0.480 e. The normalized spacial score (nSPS) is 14.1. The Hall–Kier alpha value is -1.84. The maximum atomic E-state index is 11.3. The van der Waals surface area contributed by atoms with Crippen LogP contribution in [0.1, 0.15) is 23.6 Å². The molecule has 4 heteroatoms. The highest BCUT2D eigenvalue weighted by atomic mass is 16.4. The number of carboxylic acids is 1. The van der Waals surface area contributed by atoms with Crippen LogP contribution in [-0.4, -0.2) is 17.0 Å². The molecule has 17 heavy (non-hydrogen) atoms. The van der Waals surface area contributed by atoms with Crippen LogP contribution in [0.25, 0.3) is 0 Å². The molecule has 1 aromatic rings. The molecule has 0 saturated carbocycles. The molecular formula is C13H17NO3. The van der Waals surface area contributed by atoms with Crippen molar-refractivity contribution in [2.24, 2.45) is 11.1 Å². The average Bonchev–Trinajstić information content (AvgIpc) is 2.14. The van der Waals surface area contributed by atoms with Gasteiger partial charge in [-0.1, -0.05) is 29.3 Å². The van der Waals surface area contributed by atoms with Gasteiger partial charge in [0.1, 0.15) is 5.41 Å². The van der Waals surface area contributed by atoms with Gasteiger partial charge in [0, 0.05) is 0 Å². The SMILES string of the molecule is Cc1cc(C)cc(CC(C)(C(N)=O)C(=O)O)c1. The third kappa shape index (κ3) is 2.84. The lowest BCUT2D eigenvalue weighted by Gasteiger charge is -2.21. The number of rotatable bonds is 4. The molecule has 0 aliphatic rings. The summed E-state index contributed by atoms with van der Waals surface area (Å²) in [7, 11) is 0. The Morgan fingerprint density at radius 3 is 2.06 bits per heavy atom. The summed E-state index contributed by atoms with van der Waals surface area (Å²) in [6.07, 6.45) is 0.111. The first-order valence-electron chi connectivity index (χ1n) is 5.36. The van der Waals surface area contributed by atoms with Crippen molar-refractivity contribution in [1.82, 2.24) is 0 Å². The summed E-state index contributed by atoms with van der Waals surface area (Å²) >= 11 is 0. The van der Waals surface area contributed by atoms with Crippen LogP contribution in [0.4, 0.5) is 0 Å². The topological polar surface area (TPSA) is 80.4 Å². The molecule has 0 aliphatic heterocycles. The van der Waals surface area contributed by atoms with Crippen LogP contribution in [0.5, 0.6) is 0 Å². The predicted molar refractivity (Wildman–Crippen MR) is 64.6 cm³/mol. The minimum atomic E-state index is -1.56. The number of amides is 1. The molecule has 0 aliphatic carbocycles. The third-order valence-corrected chi connectivity index (χ3v) is 2.86. The Morgan fingerprint density at radius 2 is 1.71 bits per heavy atom. The maximum absolute atomic E-state index is 11.3. The minimum Gasteiger partial charge on any atom is -0.480 e. The summed E-state index contributed by atoms with van der Waals surface area (Å²) < 4.78 is 0. The molecule has 92 valence electrons. The van der Waals surface area contributed by atoms with E-state index in [1.165, 1.54) is 6.92 Å². The van der Waals surface area contributed by atoms with Crippen LogP contribution in [0.2, 0.25) is 0 Å². The van der Waals surface area contributed by atoms with E-state index in [0.29, 0.717) is 0 Å². The molecule has 0 spiro atoms. The molecule has 1 amide bonds. The molecule has 0 aromatic heterocycles. The lowest BCUT2D eigenvalue weighted by molar-refractivity contribution is -0.153. The fourth-order valence-electron chi connectivity index (χ4n) is 1.85. The predicted octanol–water partition coefficient (Wildman–Crippen LogP) is 1.42. The monoisotopic (exact) mass is 235 g/mol. The van der Waals surface area contributed by atoms with Gasteiger partial charge in [-0.25, -0.2) is 0 Å². The number of nitrogens with two attached hydrogens (primary N) is 1. The summed E-state index contributed by atoms with van der Waals surface area (Å²) in [5.41, 5.74) is 6.51. The van der Waals surface area contributed by atoms with Crippen LogP contribution in [0.15, 0.2) is 18.2 Å². The number of aliphatic carboxylic acids is 1. The average molecular weight is 235 g/mol. The first kappa shape index (κ1) is 13.2. The first-order valence-corrected chi connectivity index (χ1v) is 5.36. The van der Waals surface area contributed by atoms with Crippen molar-refractivity contribution < 1.29 is 14.7 Å². The van der Waals surface area contributed by atoms with E-state index >= 15 is 0 Å². The highest BCUT2D eigenvalue weighted by Crippen LogP contribution is 2.24. The molecular weight excluding hydrogens is 218 g/mol. The summed E-state index contributed by atoms with van der Waals surface area (Å²) in [6, 6.07) is 5.74. The zero-order valence-corrected chi connectivity index (χ0v) is 10.3. The van der Waals surface area contributed by atoms with Crippen molar-refractivity contribution in [2.45, 2.75) is 27.2 Å². The van der Waals surface area contributed by atoms with E-state index < -0.39 is 17.3 Å². The second kappa shape index (κ2) is 4.57. The quantitative estimate of drug-likeness (QED) is 0.774. The van der Waals surface area contributed by atoms with Gasteiger partial charge in [0.25, 0.3) is 0 Å². The van der Waals surface area contributed by atoms with Gasteiger partial charge in [0.2, 0.25) is 5.91 Å². The maximum Gasteiger partial charge on any atom is 0.319 e. The summed E-state index contributed by atoms with van der Waals surface area (Å²) in [6.45, 7) is 5.22. The Kier molecular flexibility index (Phi) is 3.56. The number of hydrogen-bond donors (Lipinski definition) is 2. The highest BCUT2D eigenvalue weighted by molar-refractivity contribution is 6.00. The van der Waals surface area contributed by atoms with E-state index in [1.54, 1.807) is 0 Å². The molecule has 0 saturated heterocycles. The van der Waals surface area contributed by atoms with Crippen LogP contribution in [0, 0.1) is 19.3 Å². The number of carboxylic acid groups (broad SMARTS) is 1. The van der Waals surface area contributed by atoms with Gasteiger partial charge in [0.05, 0.1) is 0 Å². The lowest BCUT2D eigenvalue weighted by Crippen LogP contribution is -2.43. The zero-order chi connectivity index (χ0) is 13.2. The molecule has 0 heterocycles. The molecule has 1 unspecified atom stereocenters. The van der Waals surface area contributed by atoms with Gasteiger partial charge in [0.15, 0.2) is 0 Å². The van der Waals surface area contributed by atoms with Gasteiger partial charge in [-0.15, -0.1) is 0 Å². The van der Waals surface area contributed by atoms with Crippen molar-refractivity contribution in [1.29, 1.82) is 0 Å². The smallest absolute Gasteiger partial charge is 0.319 e. The summed E-state index contributed by atoms with van der Waals surface area (Å²) in [5.74, 6) is -2.01. The third-order valence-electron chi connectivity index (χ3n) is 2.86. The fraction of sp³-hybridized carbons (Fsp3) is 0.385. The Balaban J connectivity index is 3.10. The molecule has 0 fully saturated rings. The van der Waals surface area contributed by atoms with E-state index in [0.717, 1.165) is 16.7 Å². The number of carbonyl (C=O) groups excluding carboxylic acids is 1. The molecule has 4 nitrogen and oxygen atoms in total. The number of primary amides is 1. The fourth-order valence-corrected chi connectivity index (χ4v) is 1.85. The second-order valence-electron chi connectivity index (χ2n) is 4.67. The van der Waals surface area contributed by atoms with Crippen molar-refractivity contribution in [3.63, 3.8) is 0 Å². The first-order chi connectivity index (χ1) is 7.75. The van der Waals surface area contributed by atoms with Crippen molar-refractivity contribution in [3.05, 3.63) is 34.9 Å². The Bertz CT molecular complexity index is 431. The van der Waals surface area contributed by atoms with E-state index in [9.17, 15) is 9.59 Å². The summed E-state index contributed by atoms with van der Waals surface area (Å²) in [5, 5.41) is 9.10. The molecule has 1 atom stereocenters. The Morgan fingerprint density at radius 1 is 1.24 bits per heavy atom. The van der Waals surface area contributed by atoms with E-state index in [1.807, 2.05) is 32.0 Å². The van der Waals surface area contributed by atoms with Crippen molar-refractivity contribution >= 4 is 11.9 Å². The molecule has 0 radical (unpaired) electrons. The highest BCUT2D eigenvalue weighted by Gasteiger charge is 2.39. The van der Waals surface area contributed by atoms with Crippen molar-refractivity contribution in [2.75, 3.05) is 0 Å². The molecule has 3 N–H and O–H groups in total. The zero-order valence-electron chi connectivity index (χ0n) is 10.3. The van der Waals surface area contributed by atoms with Crippen LogP contribution < -0.4 is 5.73 Å². The van der Waals surface area contributed by atoms with Gasteiger partial charge < -0.3 is 10.8 Å². The standard InChI is InChI=1S/C13H17NO3/c1-8-4-9(2)6-10(5-8)7-13(3,11(14)15)12(16)17/h4-6H,7H2,1-3H3,(H2,14,15)(H,16,17). The molecule has 0 bridgehead atoms. The number of carbonyl (C=O) groups is 2. The van der Waals surface area contributed by atoms with Crippen LogP contribution in [-0.2, 0) is 16.0 Å². The van der Waals surface area contributed by atoms with Gasteiger partial charge in [-0.05, 0) is 32.8 Å².